The number of fused-ring (bicyclic) bond motifs is 1. The average Bonchev–Trinajstić information content (AvgIpc) is 3.28. The Morgan fingerprint density at radius 3 is 2.68 bits per heavy atom. The van der Waals surface area contributed by atoms with Crippen molar-refractivity contribution in [1.29, 1.82) is 0 Å². The van der Waals surface area contributed by atoms with Crippen LogP contribution in [-0.4, -0.2) is 80.0 Å². The smallest absolute Gasteiger partial charge is 0.320 e. The summed E-state index contributed by atoms with van der Waals surface area (Å²) in [6.07, 6.45) is 4.50. The third-order valence-electron chi connectivity index (χ3n) is 6.60. The van der Waals surface area contributed by atoms with Gasteiger partial charge in [-0.1, -0.05) is 25.5 Å². The number of imidazole rings is 1. The van der Waals surface area contributed by atoms with Crippen molar-refractivity contribution in [3.05, 3.63) is 59.7 Å². The number of hydrogen-bond donors (Lipinski definition) is 1. The number of nitrogens with zero attached hydrogens (tertiary/aromatic N) is 7. The summed E-state index contributed by atoms with van der Waals surface area (Å²) >= 11 is 0. The molecule has 0 saturated carbocycles. The number of pyridine rings is 1. The lowest BCUT2D eigenvalue weighted by Crippen LogP contribution is -2.47. The van der Waals surface area contributed by atoms with E-state index >= 15 is 0 Å². The monoisotopic (exact) mass is 518 g/mol. The van der Waals surface area contributed by atoms with Gasteiger partial charge >= 0.3 is 6.01 Å². The highest BCUT2D eigenvalue weighted by molar-refractivity contribution is 5.94. The first-order chi connectivity index (χ1) is 18.4. The van der Waals surface area contributed by atoms with Gasteiger partial charge in [-0.05, 0) is 37.2 Å². The fraction of sp³-hybridized carbons (Fsp3) is 0.370. The van der Waals surface area contributed by atoms with Crippen LogP contribution < -0.4 is 10.5 Å². The van der Waals surface area contributed by atoms with Crippen molar-refractivity contribution in [2.24, 2.45) is 0 Å². The molecule has 10 nitrogen and oxygen atoms in total. The molecule has 198 valence electrons. The maximum atomic E-state index is 14.1. The standard InChI is InChI=1S/C27H31FN8O2/c1-3-4-12-38-27-32-23(29)22-25(33-27)36(24(31-22)20-14-21(28)16-30-15-20)17-18-6-5-7-19(13-18)26(37)35-10-8-34(2)9-11-35/h5-7,13-16H,3-4,8-12,17H2,1-2H3,(H2,29,32,33). The molecule has 0 unspecified atom stereocenters. The second-order valence-corrected chi connectivity index (χ2v) is 9.47. The van der Waals surface area contributed by atoms with Crippen LogP contribution in [0.5, 0.6) is 6.01 Å². The molecule has 3 aromatic heterocycles. The summed E-state index contributed by atoms with van der Waals surface area (Å²) in [5.41, 5.74) is 9.04. The molecule has 38 heavy (non-hydrogen) atoms. The van der Waals surface area contributed by atoms with Crippen molar-refractivity contribution in [2.45, 2.75) is 26.3 Å². The molecule has 1 saturated heterocycles. The van der Waals surface area contributed by atoms with E-state index in [1.54, 1.807) is 0 Å². The number of piperazine rings is 1. The number of nitrogens with two attached hydrogens (primary N) is 1. The molecule has 0 atom stereocenters. The van der Waals surface area contributed by atoms with Gasteiger partial charge < -0.3 is 24.8 Å². The summed E-state index contributed by atoms with van der Waals surface area (Å²) in [6.45, 7) is 5.93. The Kier molecular flexibility index (Phi) is 7.45. The van der Waals surface area contributed by atoms with Gasteiger partial charge in [0.1, 0.15) is 11.6 Å². The van der Waals surface area contributed by atoms with Crippen molar-refractivity contribution < 1.29 is 13.9 Å². The van der Waals surface area contributed by atoms with E-state index in [-0.39, 0.29) is 17.7 Å². The lowest BCUT2D eigenvalue weighted by Gasteiger charge is -2.32. The van der Waals surface area contributed by atoms with Crippen LogP contribution in [0.3, 0.4) is 0 Å². The lowest BCUT2D eigenvalue weighted by molar-refractivity contribution is 0.0664. The molecule has 4 heterocycles. The van der Waals surface area contributed by atoms with E-state index in [9.17, 15) is 9.18 Å². The molecule has 1 aromatic carbocycles. The summed E-state index contributed by atoms with van der Waals surface area (Å²) in [5, 5.41) is 0. The Morgan fingerprint density at radius 2 is 1.92 bits per heavy atom. The zero-order chi connectivity index (χ0) is 26.6. The van der Waals surface area contributed by atoms with Crippen molar-refractivity contribution >= 4 is 22.9 Å². The number of amides is 1. The van der Waals surface area contributed by atoms with Crippen molar-refractivity contribution in [3.8, 4) is 17.4 Å². The predicted octanol–water partition coefficient (Wildman–Crippen LogP) is 3.22. The van der Waals surface area contributed by atoms with Gasteiger partial charge in [0.2, 0.25) is 0 Å². The number of likely N-dealkylation sites (N-methyl/N-ethyl adjacent to an activating group) is 1. The minimum absolute atomic E-state index is 0.00294. The highest BCUT2D eigenvalue weighted by Crippen LogP contribution is 2.29. The molecule has 0 spiro atoms. The van der Waals surface area contributed by atoms with E-state index in [1.807, 2.05) is 33.7 Å². The molecule has 1 aliphatic rings. The number of benzene rings is 1. The van der Waals surface area contributed by atoms with E-state index in [4.69, 9.17) is 10.5 Å². The maximum absolute atomic E-state index is 14.1. The molecule has 11 heteroatoms. The second-order valence-electron chi connectivity index (χ2n) is 9.47. The van der Waals surface area contributed by atoms with Crippen LogP contribution in [0.2, 0.25) is 0 Å². The summed E-state index contributed by atoms with van der Waals surface area (Å²) in [6, 6.07) is 9.03. The van der Waals surface area contributed by atoms with E-state index in [1.165, 1.54) is 12.3 Å². The number of ether oxygens (including phenoxy) is 1. The van der Waals surface area contributed by atoms with Crippen LogP contribution in [0.1, 0.15) is 35.7 Å². The Morgan fingerprint density at radius 1 is 1.11 bits per heavy atom. The fourth-order valence-corrected chi connectivity index (χ4v) is 4.46. The van der Waals surface area contributed by atoms with Gasteiger partial charge in [-0.2, -0.15) is 9.97 Å². The fourth-order valence-electron chi connectivity index (χ4n) is 4.46. The van der Waals surface area contributed by atoms with Crippen LogP contribution >= 0.6 is 0 Å². The Hall–Kier alpha value is -4.12. The van der Waals surface area contributed by atoms with Crippen LogP contribution in [-0.2, 0) is 6.54 Å². The molecular weight excluding hydrogens is 487 g/mol. The van der Waals surface area contributed by atoms with Crippen LogP contribution in [0.25, 0.3) is 22.6 Å². The van der Waals surface area contributed by atoms with Crippen LogP contribution in [0.4, 0.5) is 10.2 Å². The summed E-state index contributed by atoms with van der Waals surface area (Å²) in [5.74, 6) is 0.131. The zero-order valence-corrected chi connectivity index (χ0v) is 21.6. The van der Waals surface area contributed by atoms with Crippen molar-refractivity contribution in [2.75, 3.05) is 45.6 Å². The van der Waals surface area contributed by atoms with Crippen LogP contribution in [0.15, 0.2) is 42.7 Å². The molecule has 5 rings (SSSR count). The largest absolute Gasteiger partial charge is 0.463 e. The number of rotatable bonds is 8. The second kappa shape index (κ2) is 11.1. The quantitative estimate of drug-likeness (QED) is 0.354. The molecule has 1 aliphatic heterocycles. The number of anilines is 1. The number of unbranched alkanes of at least 4 members (excludes halogenated alkanes) is 1. The third-order valence-corrected chi connectivity index (χ3v) is 6.60. The van der Waals surface area contributed by atoms with Crippen molar-refractivity contribution in [3.63, 3.8) is 0 Å². The Labute approximate surface area is 220 Å². The zero-order valence-electron chi connectivity index (χ0n) is 21.6. The van der Waals surface area contributed by atoms with Gasteiger partial charge in [-0.15, -0.1) is 0 Å². The normalized spacial score (nSPS) is 14.2. The minimum atomic E-state index is -0.483. The van der Waals surface area contributed by atoms with Gasteiger partial charge in [0.05, 0.1) is 19.3 Å². The molecule has 2 N–H and O–H groups in total. The predicted molar refractivity (Wildman–Crippen MR) is 142 cm³/mol. The summed E-state index contributed by atoms with van der Waals surface area (Å²) in [7, 11) is 2.06. The highest BCUT2D eigenvalue weighted by Gasteiger charge is 2.22. The molecule has 4 aromatic rings. The van der Waals surface area contributed by atoms with Crippen molar-refractivity contribution in [1.82, 2.24) is 34.3 Å². The first kappa shape index (κ1) is 25.5. The number of hydrogen-bond acceptors (Lipinski definition) is 8. The van der Waals surface area contributed by atoms with E-state index < -0.39 is 5.82 Å². The molecule has 1 amide bonds. The molecular formula is C27H31FN8O2. The highest BCUT2D eigenvalue weighted by atomic mass is 19.1. The van der Waals surface area contributed by atoms with E-state index in [0.29, 0.717) is 54.4 Å². The van der Waals surface area contributed by atoms with Gasteiger partial charge in [-0.25, -0.2) is 9.37 Å². The molecule has 0 bridgehead atoms. The number of carbonyl (C=O) groups excluding carboxylic acids is 1. The number of carbonyl (C=O) groups is 1. The van der Waals surface area contributed by atoms with E-state index in [2.05, 4.69) is 38.8 Å². The van der Waals surface area contributed by atoms with Gasteiger partial charge in [0, 0.05) is 43.5 Å². The number of aromatic nitrogens is 5. The number of nitrogen functional groups attached to an aromatic ring is 1. The van der Waals surface area contributed by atoms with Crippen LogP contribution in [0, 0.1) is 5.82 Å². The first-order valence-electron chi connectivity index (χ1n) is 12.8. The number of halogens is 1. The van der Waals surface area contributed by atoms with Gasteiger partial charge in [-0.3, -0.25) is 9.78 Å². The van der Waals surface area contributed by atoms with Gasteiger partial charge in [0.25, 0.3) is 5.91 Å². The SMILES string of the molecule is CCCCOc1nc(N)c2nc(-c3cncc(F)c3)n(Cc3cccc(C(=O)N4CCN(C)CC4)c3)c2n1. The summed E-state index contributed by atoms with van der Waals surface area (Å²) in [4.78, 5) is 34.8. The first-order valence-corrected chi connectivity index (χ1v) is 12.8. The Balaban J connectivity index is 1.53. The van der Waals surface area contributed by atoms with Gasteiger partial charge in [0.15, 0.2) is 17.0 Å². The molecule has 1 fully saturated rings. The van der Waals surface area contributed by atoms with E-state index in [0.717, 1.165) is 37.7 Å². The summed E-state index contributed by atoms with van der Waals surface area (Å²) < 4.78 is 21.7. The maximum Gasteiger partial charge on any atom is 0.320 e. The molecule has 0 aliphatic carbocycles. The lowest BCUT2D eigenvalue weighted by atomic mass is 10.1. The topological polar surface area (TPSA) is 115 Å². The Bertz CT molecular complexity index is 1450. The minimum Gasteiger partial charge on any atom is -0.463 e. The third kappa shape index (κ3) is 5.42. The average molecular weight is 519 g/mol. The molecule has 0 radical (unpaired) electrons.